The standard InChI is InChI=1S/C31H39N7O3/c1-4-5-10-23-19-38(28-24(20(2)3)11-6-9-14-27(28)30(39)40)31(41)37(23)18-22-16-15-21(17-32-22)25-12-7-8-13-26(25)29-33-35-36-34-29/h7-8,12-13,15-17,19-20,24,27-28H,4-6,9-11,14,18H2,1-3H3,(H,39,40)(H,33,34,35,36). The zero-order chi connectivity index (χ0) is 28.9. The van der Waals surface area contributed by atoms with E-state index in [4.69, 9.17) is 4.98 Å². The van der Waals surface area contributed by atoms with Crippen LogP contribution in [0.5, 0.6) is 0 Å². The highest BCUT2D eigenvalue weighted by molar-refractivity contribution is 5.79. The molecule has 10 heteroatoms. The molecular formula is C31H39N7O3. The number of rotatable bonds is 10. The largest absolute Gasteiger partial charge is 0.481 e. The van der Waals surface area contributed by atoms with Gasteiger partial charge in [-0.2, -0.15) is 5.21 Å². The Balaban J connectivity index is 1.50. The summed E-state index contributed by atoms with van der Waals surface area (Å²) in [6.07, 6.45) is 9.85. The van der Waals surface area contributed by atoms with Gasteiger partial charge in [-0.15, -0.1) is 10.2 Å². The smallest absolute Gasteiger partial charge is 0.328 e. The number of unbranched alkanes of at least 4 members (excludes halogenated alkanes) is 1. The SMILES string of the molecule is CCCCc1cn(C2C(C(=O)O)CCCCC2C(C)C)c(=O)n1Cc1ccc(-c2ccccc2-c2nn[nH]n2)cn1. The fourth-order valence-corrected chi connectivity index (χ4v) is 6.31. The number of nitrogens with one attached hydrogen (secondary N) is 1. The number of nitrogens with zero attached hydrogens (tertiary/aromatic N) is 6. The molecule has 216 valence electrons. The minimum Gasteiger partial charge on any atom is -0.481 e. The van der Waals surface area contributed by atoms with Gasteiger partial charge in [0.1, 0.15) is 0 Å². The van der Waals surface area contributed by atoms with Crippen molar-refractivity contribution in [3.63, 3.8) is 0 Å². The number of hydrogen-bond donors (Lipinski definition) is 2. The molecule has 0 amide bonds. The summed E-state index contributed by atoms with van der Waals surface area (Å²) in [5.74, 6) is -0.470. The summed E-state index contributed by atoms with van der Waals surface area (Å²) >= 11 is 0. The van der Waals surface area contributed by atoms with Crippen LogP contribution < -0.4 is 5.69 Å². The molecule has 0 bridgehead atoms. The molecule has 0 aliphatic heterocycles. The molecule has 3 aromatic heterocycles. The molecule has 3 unspecified atom stereocenters. The van der Waals surface area contributed by atoms with Crippen LogP contribution in [-0.2, 0) is 17.8 Å². The second-order valence-electron chi connectivity index (χ2n) is 11.4. The van der Waals surface area contributed by atoms with Crippen LogP contribution in [-0.4, -0.2) is 45.8 Å². The fourth-order valence-electron chi connectivity index (χ4n) is 6.31. The van der Waals surface area contributed by atoms with Crippen LogP contribution in [0.15, 0.2) is 53.6 Å². The molecule has 4 aromatic rings. The number of benzene rings is 1. The Morgan fingerprint density at radius 3 is 2.56 bits per heavy atom. The third-order valence-electron chi connectivity index (χ3n) is 8.49. The molecule has 0 spiro atoms. The van der Waals surface area contributed by atoms with Crippen LogP contribution in [0.2, 0.25) is 0 Å². The quantitative estimate of drug-likeness (QED) is 0.251. The maximum Gasteiger partial charge on any atom is 0.328 e. The Morgan fingerprint density at radius 1 is 1.12 bits per heavy atom. The number of pyridine rings is 1. The van der Waals surface area contributed by atoms with E-state index in [0.29, 0.717) is 18.8 Å². The Kier molecular flexibility index (Phi) is 8.75. The Morgan fingerprint density at radius 2 is 1.90 bits per heavy atom. The van der Waals surface area contributed by atoms with Gasteiger partial charge in [-0.05, 0) is 54.4 Å². The van der Waals surface area contributed by atoms with Crippen molar-refractivity contribution in [3.8, 4) is 22.5 Å². The average molecular weight is 558 g/mol. The highest BCUT2D eigenvalue weighted by Gasteiger charge is 2.40. The van der Waals surface area contributed by atoms with E-state index < -0.39 is 11.9 Å². The van der Waals surface area contributed by atoms with Crippen molar-refractivity contribution in [2.75, 3.05) is 0 Å². The number of tetrazole rings is 1. The zero-order valence-corrected chi connectivity index (χ0v) is 24.0. The fraction of sp³-hybridized carbons (Fsp3) is 0.484. The predicted molar refractivity (Wildman–Crippen MR) is 156 cm³/mol. The lowest BCUT2D eigenvalue weighted by atomic mass is 9.80. The first-order chi connectivity index (χ1) is 19.9. The van der Waals surface area contributed by atoms with Gasteiger partial charge >= 0.3 is 11.7 Å². The molecular weight excluding hydrogens is 518 g/mol. The van der Waals surface area contributed by atoms with Crippen molar-refractivity contribution in [3.05, 3.63) is 70.7 Å². The summed E-state index contributed by atoms with van der Waals surface area (Å²) < 4.78 is 3.56. The number of carboxylic acid groups (broad SMARTS) is 1. The van der Waals surface area contributed by atoms with E-state index in [1.165, 1.54) is 0 Å². The average Bonchev–Trinajstić information content (AvgIpc) is 3.54. The van der Waals surface area contributed by atoms with Crippen molar-refractivity contribution < 1.29 is 9.90 Å². The Labute approximate surface area is 239 Å². The van der Waals surface area contributed by atoms with Crippen LogP contribution >= 0.6 is 0 Å². The molecule has 5 rings (SSSR count). The highest BCUT2D eigenvalue weighted by Crippen LogP contribution is 2.41. The van der Waals surface area contributed by atoms with Crippen LogP contribution in [0, 0.1) is 17.8 Å². The summed E-state index contributed by atoms with van der Waals surface area (Å²) in [6.45, 7) is 6.75. The van der Waals surface area contributed by atoms with Crippen LogP contribution in [0.25, 0.3) is 22.5 Å². The first-order valence-electron chi connectivity index (χ1n) is 14.7. The van der Waals surface area contributed by atoms with Gasteiger partial charge in [0.05, 0.1) is 24.2 Å². The van der Waals surface area contributed by atoms with Gasteiger partial charge in [-0.25, -0.2) is 4.79 Å². The topological polar surface area (TPSA) is 132 Å². The number of carbonyl (C=O) groups is 1. The van der Waals surface area contributed by atoms with Crippen molar-refractivity contribution in [1.82, 2.24) is 34.7 Å². The lowest BCUT2D eigenvalue weighted by Gasteiger charge is -2.32. The Bertz CT molecular complexity index is 1510. The van der Waals surface area contributed by atoms with E-state index in [1.807, 2.05) is 48.8 Å². The van der Waals surface area contributed by atoms with Crippen LogP contribution in [0.4, 0.5) is 0 Å². The molecule has 41 heavy (non-hydrogen) atoms. The number of carboxylic acids is 1. The van der Waals surface area contributed by atoms with Crippen molar-refractivity contribution >= 4 is 5.97 Å². The second kappa shape index (κ2) is 12.6. The zero-order valence-electron chi connectivity index (χ0n) is 24.0. The molecule has 3 atom stereocenters. The van der Waals surface area contributed by atoms with Gasteiger partial charge in [0, 0.05) is 29.2 Å². The lowest BCUT2D eigenvalue weighted by molar-refractivity contribution is -0.144. The molecule has 0 radical (unpaired) electrons. The molecule has 0 saturated heterocycles. The molecule has 1 aliphatic rings. The summed E-state index contributed by atoms with van der Waals surface area (Å²) in [7, 11) is 0. The lowest BCUT2D eigenvalue weighted by Crippen LogP contribution is -2.39. The summed E-state index contributed by atoms with van der Waals surface area (Å²) in [4.78, 5) is 31.2. The van der Waals surface area contributed by atoms with E-state index in [1.54, 1.807) is 9.13 Å². The number of H-pyrrole nitrogens is 1. The maximum absolute atomic E-state index is 14.1. The summed E-state index contributed by atoms with van der Waals surface area (Å²) in [5.41, 5.74) is 4.25. The minimum atomic E-state index is -0.810. The van der Waals surface area contributed by atoms with Gasteiger partial charge in [0.15, 0.2) is 0 Å². The molecule has 1 fully saturated rings. The minimum absolute atomic E-state index is 0.128. The number of aromatic nitrogens is 7. The van der Waals surface area contributed by atoms with E-state index in [2.05, 4.69) is 41.4 Å². The summed E-state index contributed by atoms with van der Waals surface area (Å²) in [6, 6.07) is 11.4. The predicted octanol–water partition coefficient (Wildman–Crippen LogP) is 5.37. The summed E-state index contributed by atoms with van der Waals surface area (Å²) in [5, 5.41) is 24.6. The van der Waals surface area contributed by atoms with Crippen molar-refractivity contribution in [2.45, 2.75) is 78.3 Å². The van der Waals surface area contributed by atoms with Crippen LogP contribution in [0.1, 0.15) is 76.7 Å². The number of aryl methyl sites for hydroxylation is 1. The van der Waals surface area contributed by atoms with Gasteiger partial charge in [-0.1, -0.05) is 70.4 Å². The normalized spacial score (nSPS) is 19.4. The van der Waals surface area contributed by atoms with Gasteiger partial charge < -0.3 is 5.11 Å². The molecule has 3 heterocycles. The molecule has 1 aromatic carbocycles. The van der Waals surface area contributed by atoms with Crippen molar-refractivity contribution in [1.29, 1.82) is 0 Å². The second-order valence-corrected chi connectivity index (χ2v) is 11.4. The maximum atomic E-state index is 14.1. The number of imidazole rings is 1. The van der Waals surface area contributed by atoms with E-state index in [-0.39, 0.29) is 23.6 Å². The molecule has 10 nitrogen and oxygen atoms in total. The number of aliphatic carboxylic acids is 1. The van der Waals surface area contributed by atoms with Crippen molar-refractivity contribution in [2.24, 2.45) is 17.8 Å². The van der Waals surface area contributed by atoms with E-state index in [9.17, 15) is 14.7 Å². The first-order valence-corrected chi connectivity index (χ1v) is 14.7. The molecule has 1 saturated carbocycles. The monoisotopic (exact) mass is 557 g/mol. The van der Waals surface area contributed by atoms with E-state index in [0.717, 1.165) is 66.6 Å². The highest BCUT2D eigenvalue weighted by atomic mass is 16.4. The number of aromatic amines is 1. The number of hydrogen-bond acceptors (Lipinski definition) is 6. The van der Waals surface area contributed by atoms with Crippen LogP contribution in [0.3, 0.4) is 0 Å². The van der Waals surface area contributed by atoms with E-state index >= 15 is 0 Å². The third-order valence-corrected chi connectivity index (χ3v) is 8.49. The van der Waals surface area contributed by atoms with Gasteiger partial charge in [0.2, 0.25) is 5.82 Å². The molecule has 1 aliphatic carbocycles. The first kappa shape index (κ1) is 28.4. The third kappa shape index (κ3) is 6.01. The Hall–Kier alpha value is -4.08. The van der Waals surface area contributed by atoms with Gasteiger partial charge in [-0.3, -0.25) is 18.9 Å². The van der Waals surface area contributed by atoms with Gasteiger partial charge in [0.25, 0.3) is 0 Å². The molecule has 2 N–H and O–H groups in total.